The van der Waals surface area contributed by atoms with Gasteiger partial charge in [0, 0.05) is 112 Å². The SMILES string of the molecule is CC(C)N(c1ccccc1)c1ccc(NC(=O)Cn2cnc3c2c(=O)n(C)c(=O)n3C)cc1.CCc1ccc(-c2csc(NC(=O)Cn3cnc4c3c(=O)n(C)c(=O)n4C)n2)cc1.Cc1cc(C)c(-c2csc(NC(=O)Cn3cnc4c3c(=O)n(C)c(=O)n4C)n2)c(C)c1.Cc1ccc(-c2csc(NC(=O)Cn3cnc4c3c(=O)n(C)c(=O)n4C)n2)cc1C. The van der Waals surface area contributed by atoms with E-state index in [0.29, 0.717) is 21.1 Å². The number of imidazole rings is 4. The van der Waals surface area contributed by atoms with Crippen molar-refractivity contribution in [1.29, 1.82) is 0 Å². The van der Waals surface area contributed by atoms with Gasteiger partial charge in [0.2, 0.25) is 23.6 Å². The third-order valence-corrected chi connectivity index (χ3v) is 23.0. The number of rotatable bonds is 19. The van der Waals surface area contributed by atoms with E-state index in [1.54, 1.807) is 7.05 Å². The van der Waals surface area contributed by atoms with E-state index in [9.17, 15) is 57.5 Å². The molecular formula is C85H88N24O12S3. The Bertz CT molecular complexity index is 7360. The van der Waals surface area contributed by atoms with Crippen LogP contribution in [0, 0.1) is 34.6 Å². The number of amides is 4. The number of para-hydroxylation sites is 1. The van der Waals surface area contributed by atoms with E-state index in [-0.39, 0.29) is 101 Å². The zero-order valence-electron chi connectivity index (χ0n) is 70.6. The van der Waals surface area contributed by atoms with Gasteiger partial charge in [0.05, 0.1) is 42.4 Å². The number of aryl methyl sites for hydroxylation is 10. The minimum atomic E-state index is -0.496. The number of thiazole rings is 3. The molecule has 638 valence electrons. The molecule has 0 unspecified atom stereocenters. The van der Waals surface area contributed by atoms with Crippen LogP contribution in [-0.4, -0.2) is 119 Å². The molecule has 36 nitrogen and oxygen atoms in total. The highest BCUT2D eigenvalue weighted by molar-refractivity contribution is 7.14. The number of anilines is 6. The minimum absolute atomic E-state index is 0.103. The molecule has 0 aliphatic carbocycles. The molecule has 0 radical (unpaired) electrons. The minimum Gasteiger partial charge on any atom is -0.339 e. The third-order valence-electron chi connectivity index (χ3n) is 20.7. The maximum absolute atomic E-state index is 12.7. The molecular weight excluding hydrogens is 1650 g/mol. The van der Waals surface area contributed by atoms with Crippen LogP contribution in [0.15, 0.2) is 189 Å². The Hall–Kier alpha value is -14.7. The first-order valence-corrected chi connectivity index (χ1v) is 41.4. The Morgan fingerprint density at radius 2 is 0.718 bits per heavy atom. The van der Waals surface area contributed by atoms with E-state index >= 15 is 0 Å². The maximum atomic E-state index is 12.7. The van der Waals surface area contributed by atoms with Gasteiger partial charge in [0.25, 0.3) is 22.2 Å². The fraction of sp³-hybridized carbons (Fsp3) is 0.259. The molecule has 0 spiro atoms. The lowest BCUT2D eigenvalue weighted by Crippen LogP contribution is -2.37. The Morgan fingerprint density at radius 3 is 1.08 bits per heavy atom. The van der Waals surface area contributed by atoms with Gasteiger partial charge >= 0.3 is 22.8 Å². The zero-order valence-corrected chi connectivity index (χ0v) is 73.1. The molecule has 0 saturated carbocycles. The predicted molar refractivity (Wildman–Crippen MR) is 481 cm³/mol. The number of hydrogen-bond donors (Lipinski definition) is 4. The van der Waals surface area contributed by atoms with Crippen LogP contribution in [0.5, 0.6) is 0 Å². The van der Waals surface area contributed by atoms with Gasteiger partial charge < -0.3 is 44.4 Å². The second-order valence-electron chi connectivity index (χ2n) is 29.8. The summed E-state index contributed by atoms with van der Waals surface area (Å²) in [6.07, 6.45) is 6.52. The number of fused-ring (bicyclic) bond motifs is 4. The van der Waals surface area contributed by atoms with Crippen molar-refractivity contribution < 1.29 is 19.2 Å². The van der Waals surface area contributed by atoms with E-state index in [1.807, 2.05) is 104 Å². The van der Waals surface area contributed by atoms with E-state index in [4.69, 9.17) is 0 Å². The second kappa shape index (κ2) is 36.3. The number of nitrogens with zero attached hydrogens (tertiary/aromatic N) is 20. The lowest BCUT2D eigenvalue weighted by Gasteiger charge is -2.29. The second-order valence-corrected chi connectivity index (χ2v) is 32.4. The summed E-state index contributed by atoms with van der Waals surface area (Å²) in [4.78, 5) is 181. The quantitative estimate of drug-likeness (QED) is 0.0591. The Kier molecular flexibility index (Phi) is 25.5. The molecule has 5 aromatic carbocycles. The predicted octanol–water partition coefficient (Wildman–Crippen LogP) is 8.31. The molecule has 16 rings (SSSR count). The highest BCUT2D eigenvalue weighted by Gasteiger charge is 2.24. The van der Waals surface area contributed by atoms with Crippen LogP contribution < -0.4 is 71.2 Å². The molecule has 0 aliphatic heterocycles. The number of carbonyl (C=O) groups is 4. The van der Waals surface area contributed by atoms with Gasteiger partial charge in [-0.2, -0.15) is 0 Å². The van der Waals surface area contributed by atoms with Crippen LogP contribution in [0.4, 0.5) is 32.5 Å². The van der Waals surface area contributed by atoms with Crippen molar-refractivity contribution in [1.82, 2.24) is 89.7 Å². The number of hydrogen-bond acceptors (Lipinski definition) is 23. The molecule has 39 heteroatoms. The highest BCUT2D eigenvalue weighted by atomic mass is 32.1. The third kappa shape index (κ3) is 18.0. The Labute approximate surface area is 717 Å². The molecule has 0 fully saturated rings. The van der Waals surface area contributed by atoms with Crippen molar-refractivity contribution in [2.45, 2.75) is 94.0 Å². The van der Waals surface area contributed by atoms with Crippen LogP contribution in [0.3, 0.4) is 0 Å². The average molecular weight is 1730 g/mol. The van der Waals surface area contributed by atoms with Gasteiger partial charge in [-0.3, -0.25) is 74.9 Å². The number of benzene rings is 5. The summed E-state index contributed by atoms with van der Waals surface area (Å²) in [6.45, 7) is 16.1. The van der Waals surface area contributed by atoms with E-state index in [2.05, 4.69) is 138 Å². The largest absolute Gasteiger partial charge is 0.339 e. The smallest absolute Gasteiger partial charge is 0.332 e. The molecule has 0 saturated heterocycles. The molecule has 0 aliphatic rings. The maximum Gasteiger partial charge on any atom is 0.332 e. The van der Waals surface area contributed by atoms with Crippen molar-refractivity contribution in [3.8, 4) is 33.8 Å². The summed E-state index contributed by atoms with van der Waals surface area (Å²) < 4.78 is 14.9. The summed E-state index contributed by atoms with van der Waals surface area (Å²) in [7, 11) is 11.7. The van der Waals surface area contributed by atoms with Crippen molar-refractivity contribution >= 4 is 135 Å². The Morgan fingerprint density at radius 1 is 0.379 bits per heavy atom. The number of carbonyl (C=O) groups excluding carboxylic acids is 4. The van der Waals surface area contributed by atoms with Gasteiger partial charge in [-0.05, 0) is 125 Å². The van der Waals surface area contributed by atoms with Crippen LogP contribution in [-0.2, 0) is 108 Å². The van der Waals surface area contributed by atoms with Gasteiger partial charge in [0.15, 0.2) is 60.1 Å². The molecule has 0 bridgehead atoms. The zero-order chi connectivity index (χ0) is 89.1. The lowest BCUT2D eigenvalue weighted by atomic mass is 9.98. The summed E-state index contributed by atoms with van der Waals surface area (Å²) in [6, 6.07) is 36.4. The monoisotopic (exact) mass is 1730 g/mol. The van der Waals surface area contributed by atoms with Crippen LogP contribution >= 0.6 is 34.0 Å². The fourth-order valence-electron chi connectivity index (χ4n) is 14.2. The van der Waals surface area contributed by atoms with Gasteiger partial charge in [-0.25, -0.2) is 54.1 Å². The molecule has 0 atom stereocenters. The van der Waals surface area contributed by atoms with Crippen molar-refractivity contribution in [2.75, 3.05) is 26.2 Å². The van der Waals surface area contributed by atoms with Crippen molar-refractivity contribution in [3.05, 3.63) is 267 Å². The standard InChI is InChI=1S/C24H26N6O3.C21H22N6O3S.2C20H20N6O3S/c1-16(2)30(18-8-6-5-7-9-18)19-12-10-17(11-13-19)26-20(31)14-29-15-25-22-21(29)23(32)28(4)24(33)27(22)3;1-11-6-12(2)16(13(3)7-11)14-9-31-20(23-14)24-15(28)8-27-10-22-18-17(27)19(29)26(5)21(30)25(18)4;1-11-5-6-13(7-12(11)2)14-9-30-19(22-14)23-15(27)8-26-10-21-17-16(26)18(28)25(4)20(29)24(17)3;1-4-12-5-7-13(8-6-12)14-10-30-19(22-14)23-15(27)9-26-11-21-17-16(26)18(28)25(3)20(29)24(17)2/h5-13,15-16H,14H2,1-4H3,(H,26,31);6-7,9-10H,8H2,1-5H3,(H,23,24,28);5-7,9-10H,8H2,1-4H3,(H,22,23,27);5-8,10-11H,4,9H2,1-3H3,(H,22,23,27). The lowest BCUT2D eigenvalue weighted by molar-refractivity contribution is -0.117. The first-order chi connectivity index (χ1) is 59.1. The van der Waals surface area contributed by atoms with Gasteiger partial charge in [-0.1, -0.05) is 79.2 Å². The fourth-order valence-corrected chi connectivity index (χ4v) is 16.4. The van der Waals surface area contributed by atoms with E-state index < -0.39 is 45.0 Å². The van der Waals surface area contributed by atoms with Crippen LogP contribution in [0.1, 0.15) is 54.2 Å². The van der Waals surface area contributed by atoms with Gasteiger partial charge in [-0.15, -0.1) is 34.0 Å². The molecule has 16 aromatic rings. The summed E-state index contributed by atoms with van der Waals surface area (Å²) in [5.41, 5.74) is 13.2. The van der Waals surface area contributed by atoms with Crippen LogP contribution in [0.2, 0.25) is 0 Å². The number of nitrogens with one attached hydrogen (secondary N) is 4. The topological polar surface area (TPSA) is 406 Å². The van der Waals surface area contributed by atoms with Crippen molar-refractivity contribution in [3.63, 3.8) is 0 Å². The van der Waals surface area contributed by atoms with E-state index in [0.717, 1.165) is 81.0 Å². The summed E-state index contributed by atoms with van der Waals surface area (Å²) >= 11 is 4.00. The summed E-state index contributed by atoms with van der Waals surface area (Å²) in [5, 5.41) is 18.3. The first kappa shape index (κ1) is 87.1. The summed E-state index contributed by atoms with van der Waals surface area (Å²) in [5.74, 6) is -1.33. The molecule has 4 N–H and O–H groups in total. The highest BCUT2D eigenvalue weighted by Crippen LogP contribution is 2.33. The first-order valence-electron chi connectivity index (χ1n) is 38.8. The Balaban J connectivity index is 0.000000142. The van der Waals surface area contributed by atoms with Crippen LogP contribution in [0.25, 0.3) is 78.4 Å². The normalized spacial score (nSPS) is 11.2. The van der Waals surface area contributed by atoms with Crippen molar-refractivity contribution in [2.24, 2.45) is 56.4 Å². The number of aromatic nitrogens is 19. The molecule has 4 amide bonds. The average Bonchev–Trinajstić information content (AvgIpc) is 1.61. The molecule has 11 aromatic heterocycles. The molecule has 11 heterocycles. The van der Waals surface area contributed by atoms with Gasteiger partial charge in [0.1, 0.15) is 26.2 Å². The molecule has 124 heavy (non-hydrogen) atoms. The van der Waals surface area contributed by atoms with E-state index in [1.165, 1.54) is 167 Å².